The molecular weight excluding hydrogens is 309 g/mol. The number of aromatic nitrogens is 5. The SMILES string of the molecule is Cn1ncc2cc(Cc3cnc4ccc(CC=O)nn34)c(F)cc21. The third-order valence-electron chi connectivity index (χ3n) is 4.07. The number of imidazole rings is 1. The van der Waals surface area contributed by atoms with Gasteiger partial charge in [0.05, 0.1) is 29.3 Å². The maximum Gasteiger partial charge on any atom is 0.153 e. The lowest BCUT2D eigenvalue weighted by atomic mass is 10.1. The molecule has 0 aliphatic carbocycles. The number of benzene rings is 1. The predicted molar refractivity (Wildman–Crippen MR) is 86.2 cm³/mol. The Labute approximate surface area is 136 Å². The zero-order chi connectivity index (χ0) is 16.7. The van der Waals surface area contributed by atoms with Crippen molar-refractivity contribution in [2.45, 2.75) is 12.8 Å². The Balaban J connectivity index is 1.77. The first-order valence-corrected chi connectivity index (χ1v) is 7.52. The molecule has 3 aromatic heterocycles. The highest BCUT2D eigenvalue weighted by atomic mass is 19.1. The van der Waals surface area contributed by atoms with Crippen molar-refractivity contribution in [1.82, 2.24) is 24.4 Å². The van der Waals surface area contributed by atoms with E-state index < -0.39 is 0 Å². The maximum atomic E-state index is 14.4. The molecule has 0 amide bonds. The van der Waals surface area contributed by atoms with Crippen LogP contribution >= 0.6 is 0 Å². The van der Waals surface area contributed by atoms with E-state index in [-0.39, 0.29) is 12.2 Å². The fourth-order valence-electron chi connectivity index (χ4n) is 2.83. The first kappa shape index (κ1) is 14.5. The van der Waals surface area contributed by atoms with Gasteiger partial charge in [0.1, 0.15) is 12.1 Å². The fraction of sp³-hybridized carbons (Fsp3) is 0.176. The van der Waals surface area contributed by atoms with Crippen molar-refractivity contribution < 1.29 is 9.18 Å². The molecule has 4 aromatic rings. The maximum absolute atomic E-state index is 14.4. The summed E-state index contributed by atoms with van der Waals surface area (Å²) in [6.07, 6.45) is 4.80. The average Bonchev–Trinajstić information content (AvgIpc) is 3.13. The number of aldehydes is 1. The van der Waals surface area contributed by atoms with Crippen LogP contribution in [0.25, 0.3) is 16.6 Å². The molecule has 7 heteroatoms. The molecule has 0 fully saturated rings. The highest BCUT2D eigenvalue weighted by molar-refractivity contribution is 5.79. The van der Waals surface area contributed by atoms with Crippen LogP contribution < -0.4 is 0 Å². The van der Waals surface area contributed by atoms with Gasteiger partial charge < -0.3 is 4.79 Å². The lowest BCUT2D eigenvalue weighted by Crippen LogP contribution is -2.03. The van der Waals surface area contributed by atoms with E-state index in [9.17, 15) is 9.18 Å². The normalized spacial score (nSPS) is 11.4. The number of fused-ring (bicyclic) bond motifs is 2. The van der Waals surface area contributed by atoms with E-state index in [1.807, 2.05) is 0 Å². The standard InChI is InChI=1S/C17H14FN5O/c1-22-16-8-15(18)11(6-12(16)9-20-22)7-14-10-19-17-3-2-13(4-5-24)21-23(14)17/h2-3,5-6,8-10H,4,7H2,1H3. The van der Waals surface area contributed by atoms with E-state index in [1.165, 1.54) is 6.07 Å². The fourth-order valence-corrected chi connectivity index (χ4v) is 2.83. The average molecular weight is 323 g/mol. The summed E-state index contributed by atoms with van der Waals surface area (Å²) in [5.41, 5.74) is 3.39. The van der Waals surface area contributed by atoms with Crippen LogP contribution in [-0.2, 0) is 24.7 Å². The van der Waals surface area contributed by atoms with Crippen molar-refractivity contribution in [3.05, 3.63) is 59.4 Å². The van der Waals surface area contributed by atoms with Crippen LogP contribution in [0.5, 0.6) is 0 Å². The summed E-state index contributed by atoms with van der Waals surface area (Å²) in [5.74, 6) is -0.287. The van der Waals surface area contributed by atoms with Crippen LogP contribution in [0.1, 0.15) is 17.0 Å². The van der Waals surface area contributed by atoms with Crippen molar-refractivity contribution in [2.24, 2.45) is 7.05 Å². The highest BCUT2D eigenvalue weighted by Gasteiger charge is 2.12. The van der Waals surface area contributed by atoms with Gasteiger partial charge in [-0.25, -0.2) is 13.9 Å². The molecular formula is C17H14FN5O. The molecule has 0 unspecified atom stereocenters. The summed E-state index contributed by atoms with van der Waals surface area (Å²) in [6.45, 7) is 0. The summed E-state index contributed by atoms with van der Waals surface area (Å²) >= 11 is 0. The quantitative estimate of drug-likeness (QED) is 0.539. The van der Waals surface area contributed by atoms with Gasteiger partial charge in [0.15, 0.2) is 5.65 Å². The third-order valence-corrected chi connectivity index (χ3v) is 4.07. The molecule has 24 heavy (non-hydrogen) atoms. The molecule has 1 aromatic carbocycles. The van der Waals surface area contributed by atoms with Gasteiger partial charge in [-0.1, -0.05) is 0 Å². The Morgan fingerprint density at radius 3 is 2.96 bits per heavy atom. The summed E-state index contributed by atoms with van der Waals surface area (Å²) < 4.78 is 17.7. The molecule has 6 nitrogen and oxygen atoms in total. The van der Waals surface area contributed by atoms with Crippen LogP contribution in [0.2, 0.25) is 0 Å². The molecule has 0 aliphatic rings. The van der Waals surface area contributed by atoms with E-state index in [2.05, 4.69) is 15.2 Å². The summed E-state index contributed by atoms with van der Waals surface area (Å²) in [5, 5.41) is 9.43. The Bertz CT molecular complexity index is 1070. The molecule has 0 saturated heterocycles. The molecule has 3 heterocycles. The number of hydrogen-bond donors (Lipinski definition) is 0. The molecule has 120 valence electrons. The molecule has 0 atom stereocenters. The molecule has 4 rings (SSSR count). The van der Waals surface area contributed by atoms with Gasteiger partial charge in [-0.15, -0.1) is 0 Å². The van der Waals surface area contributed by atoms with E-state index in [0.29, 0.717) is 23.3 Å². The third kappa shape index (κ3) is 2.34. The number of hydrogen-bond acceptors (Lipinski definition) is 4. The van der Waals surface area contributed by atoms with Crippen molar-refractivity contribution in [3.8, 4) is 0 Å². The Kier molecular flexibility index (Phi) is 3.34. The zero-order valence-electron chi connectivity index (χ0n) is 13.0. The number of aryl methyl sites for hydroxylation is 1. The summed E-state index contributed by atoms with van der Waals surface area (Å²) in [4.78, 5) is 15.0. The van der Waals surface area contributed by atoms with Gasteiger partial charge in [0.25, 0.3) is 0 Å². The van der Waals surface area contributed by atoms with Crippen molar-refractivity contribution in [1.29, 1.82) is 0 Å². The van der Waals surface area contributed by atoms with Crippen LogP contribution in [0.3, 0.4) is 0 Å². The van der Waals surface area contributed by atoms with Gasteiger partial charge in [0, 0.05) is 31.3 Å². The van der Waals surface area contributed by atoms with Gasteiger partial charge in [0.2, 0.25) is 0 Å². The Morgan fingerprint density at radius 1 is 1.25 bits per heavy atom. The van der Waals surface area contributed by atoms with Crippen molar-refractivity contribution >= 4 is 22.8 Å². The minimum atomic E-state index is -0.287. The van der Waals surface area contributed by atoms with E-state index in [4.69, 9.17) is 0 Å². The highest BCUT2D eigenvalue weighted by Crippen LogP contribution is 2.21. The topological polar surface area (TPSA) is 65.1 Å². The Hall–Kier alpha value is -3.09. The van der Waals surface area contributed by atoms with Crippen LogP contribution in [0.4, 0.5) is 4.39 Å². The predicted octanol–water partition coefficient (Wildman–Crippen LogP) is 2.09. The minimum absolute atomic E-state index is 0.240. The zero-order valence-corrected chi connectivity index (χ0v) is 13.0. The number of rotatable bonds is 4. The summed E-state index contributed by atoms with van der Waals surface area (Å²) in [7, 11) is 1.78. The molecule has 0 N–H and O–H groups in total. The van der Waals surface area contributed by atoms with Gasteiger partial charge in [-0.3, -0.25) is 4.68 Å². The smallest absolute Gasteiger partial charge is 0.153 e. The molecule has 0 bridgehead atoms. The van der Waals surface area contributed by atoms with E-state index in [0.717, 1.165) is 22.9 Å². The summed E-state index contributed by atoms with van der Waals surface area (Å²) in [6, 6.07) is 6.86. The Morgan fingerprint density at radius 2 is 2.12 bits per heavy atom. The molecule has 0 saturated carbocycles. The number of halogens is 1. The molecule has 0 spiro atoms. The first-order chi connectivity index (χ1) is 11.7. The van der Waals surface area contributed by atoms with Crippen LogP contribution in [0, 0.1) is 5.82 Å². The second-order valence-electron chi connectivity index (χ2n) is 5.66. The van der Waals surface area contributed by atoms with Crippen molar-refractivity contribution in [3.63, 3.8) is 0 Å². The van der Waals surface area contributed by atoms with Gasteiger partial charge >= 0.3 is 0 Å². The van der Waals surface area contributed by atoms with E-state index in [1.54, 1.807) is 46.8 Å². The van der Waals surface area contributed by atoms with Crippen molar-refractivity contribution in [2.75, 3.05) is 0 Å². The monoisotopic (exact) mass is 323 g/mol. The number of carbonyl (C=O) groups excluding carboxylic acids is 1. The van der Waals surface area contributed by atoms with Crippen LogP contribution in [0.15, 0.2) is 36.7 Å². The second kappa shape index (κ2) is 5.52. The number of carbonyl (C=O) groups is 1. The minimum Gasteiger partial charge on any atom is -0.303 e. The molecule has 0 aliphatic heterocycles. The van der Waals surface area contributed by atoms with E-state index >= 15 is 0 Å². The second-order valence-corrected chi connectivity index (χ2v) is 5.66. The lowest BCUT2D eigenvalue weighted by molar-refractivity contribution is -0.107. The first-order valence-electron chi connectivity index (χ1n) is 7.52. The van der Waals surface area contributed by atoms with Gasteiger partial charge in [-0.05, 0) is 23.8 Å². The van der Waals surface area contributed by atoms with Crippen LogP contribution in [-0.4, -0.2) is 30.7 Å². The lowest BCUT2D eigenvalue weighted by Gasteiger charge is -2.05. The largest absolute Gasteiger partial charge is 0.303 e. The molecule has 0 radical (unpaired) electrons. The van der Waals surface area contributed by atoms with Gasteiger partial charge in [-0.2, -0.15) is 10.2 Å². The number of nitrogens with zero attached hydrogens (tertiary/aromatic N) is 5.